The molecule has 1 heterocycles. The predicted octanol–water partition coefficient (Wildman–Crippen LogP) is 5.56. The predicted molar refractivity (Wildman–Crippen MR) is 125 cm³/mol. The van der Waals surface area contributed by atoms with Crippen molar-refractivity contribution in [2.24, 2.45) is 17.3 Å². The van der Waals surface area contributed by atoms with Crippen molar-refractivity contribution in [3.8, 4) is 18.1 Å². The van der Waals surface area contributed by atoms with Crippen molar-refractivity contribution in [1.82, 2.24) is 0 Å². The summed E-state index contributed by atoms with van der Waals surface area (Å²) < 4.78 is 23.9. The minimum Gasteiger partial charge on any atom is -0.428 e. The monoisotopic (exact) mass is 438 g/mol. The van der Waals surface area contributed by atoms with Gasteiger partial charge in [-0.3, -0.25) is 0 Å². The van der Waals surface area contributed by atoms with Crippen LogP contribution in [0.5, 0.6) is 5.75 Å². The number of carbonyl (C=O) groups excluding carboxylic acids is 1. The van der Waals surface area contributed by atoms with E-state index in [-0.39, 0.29) is 18.8 Å². The highest BCUT2D eigenvalue weighted by Gasteiger charge is 2.67. The normalized spacial score (nSPS) is 30.2. The number of benzene rings is 1. The van der Waals surface area contributed by atoms with Gasteiger partial charge < -0.3 is 18.8 Å². The van der Waals surface area contributed by atoms with Gasteiger partial charge in [-0.1, -0.05) is 25.8 Å². The maximum absolute atomic E-state index is 12.4. The Balaban J connectivity index is 1.47. The van der Waals surface area contributed by atoms with E-state index in [9.17, 15) is 4.79 Å². The molecular weight excluding hydrogens is 403 g/mol. The average Bonchev–Trinajstić information content (AvgIpc) is 3.02. The van der Waals surface area contributed by atoms with Crippen LogP contribution in [0.2, 0.25) is 6.32 Å². The Bertz CT molecular complexity index is 956. The van der Waals surface area contributed by atoms with E-state index >= 15 is 0 Å². The number of aryl methyl sites for hydroxylation is 1. The van der Waals surface area contributed by atoms with Crippen LogP contribution in [0.15, 0.2) is 12.1 Å². The first-order valence-corrected chi connectivity index (χ1v) is 11.7. The van der Waals surface area contributed by atoms with Gasteiger partial charge in [0.1, 0.15) is 11.4 Å². The van der Waals surface area contributed by atoms with E-state index in [1.54, 1.807) is 20.8 Å². The first kappa shape index (κ1) is 23.2. The van der Waals surface area contributed by atoms with E-state index in [1.807, 2.05) is 19.1 Å². The molecule has 32 heavy (non-hydrogen) atoms. The Morgan fingerprint density at radius 1 is 1.28 bits per heavy atom. The topological polar surface area (TPSA) is 54.0 Å². The number of terminal acetylenes is 1. The highest BCUT2D eigenvalue weighted by atomic mass is 16.7. The molecule has 5 rings (SSSR count). The molecule has 1 aromatic carbocycles. The molecule has 0 radical (unpaired) electrons. The van der Waals surface area contributed by atoms with Crippen LogP contribution in [0.3, 0.4) is 0 Å². The summed E-state index contributed by atoms with van der Waals surface area (Å²) in [5.74, 6) is 4.38. The summed E-state index contributed by atoms with van der Waals surface area (Å²) in [4.78, 5) is 12.4. The van der Waals surface area contributed by atoms with Crippen molar-refractivity contribution in [2.75, 3.05) is 0 Å². The van der Waals surface area contributed by atoms with Crippen LogP contribution in [-0.4, -0.2) is 30.6 Å². The second-order valence-electron chi connectivity index (χ2n) is 11.4. The number of ether oxygens (including phenoxy) is 2. The summed E-state index contributed by atoms with van der Waals surface area (Å²) in [6, 6.07) is 3.81. The molecule has 3 saturated carbocycles. The van der Waals surface area contributed by atoms with Gasteiger partial charge in [0.2, 0.25) is 0 Å². The van der Waals surface area contributed by atoms with Gasteiger partial charge in [0.15, 0.2) is 0 Å². The highest BCUT2D eigenvalue weighted by molar-refractivity contribution is 6.45. The molecule has 2 bridgehead atoms. The first-order valence-electron chi connectivity index (χ1n) is 11.7. The third-order valence-electron chi connectivity index (χ3n) is 7.87. The zero-order chi connectivity index (χ0) is 23.5. The standard InChI is InChI=1S/C26H35BO5/c1-9-17-10-11-18(22(16(17)2)29-23(28)30-24(3,4)5)12-13-27-31-21-15-19-14-20(25(19,6)7)26(21,8)32-27/h1,10-11,19-21H,12-15H2,2-8H3. The minimum absolute atomic E-state index is 0.160. The van der Waals surface area contributed by atoms with E-state index in [1.165, 1.54) is 6.42 Å². The highest BCUT2D eigenvalue weighted by Crippen LogP contribution is 2.65. The van der Waals surface area contributed by atoms with Crippen LogP contribution in [0.4, 0.5) is 4.79 Å². The Morgan fingerprint density at radius 3 is 2.62 bits per heavy atom. The fraction of sp³-hybridized carbons (Fsp3) is 0.654. The Morgan fingerprint density at radius 2 is 2.00 bits per heavy atom. The van der Waals surface area contributed by atoms with E-state index in [0.717, 1.165) is 23.5 Å². The van der Waals surface area contributed by atoms with Crippen molar-refractivity contribution in [3.05, 3.63) is 28.8 Å². The van der Waals surface area contributed by atoms with Gasteiger partial charge in [-0.15, -0.1) is 6.42 Å². The Kier molecular flexibility index (Phi) is 5.67. The lowest BCUT2D eigenvalue weighted by Gasteiger charge is -2.64. The molecule has 0 aromatic heterocycles. The summed E-state index contributed by atoms with van der Waals surface area (Å²) in [6.45, 7) is 14.2. The Hall–Kier alpha value is -1.97. The van der Waals surface area contributed by atoms with Gasteiger partial charge in [-0.2, -0.15) is 0 Å². The maximum Gasteiger partial charge on any atom is 0.514 e. The fourth-order valence-electron chi connectivity index (χ4n) is 5.95. The van der Waals surface area contributed by atoms with Gasteiger partial charge in [-0.05, 0) is 89.1 Å². The van der Waals surface area contributed by atoms with Crippen molar-refractivity contribution >= 4 is 13.3 Å². The minimum atomic E-state index is -0.732. The summed E-state index contributed by atoms with van der Waals surface area (Å²) in [5.41, 5.74) is 1.81. The third-order valence-corrected chi connectivity index (χ3v) is 7.87. The van der Waals surface area contributed by atoms with Crippen LogP contribution in [0, 0.1) is 36.5 Å². The molecule has 4 unspecified atom stereocenters. The molecule has 0 N–H and O–H groups in total. The second kappa shape index (κ2) is 7.82. The fourth-order valence-corrected chi connectivity index (χ4v) is 5.95. The van der Waals surface area contributed by atoms with Gasteiger partial charge >= 0.3 is 13.3 Å². The molecule has 6 heteroatoms. The van der Waals surface area contributed by atoms with Gasteiger partial charge in [0.05, 0.1) is 11.7 Å². The molecule has 4 fully saturated rings. The molecule has 1 aromatic rings. The lowest BCUT2D eigenvalue weighted by molar-refractivity contribution is -0.199. The van der Waals surface area contributed by atoms with Gasteiger partial charge in [-0.25, -0.2) is 4.79 Å². The number of rotatable bonds is 4. The SMILES string of the molecule is C#Cc1ccc(CCB2OC3CC4CC(C4(C)C)C3(C)O2)c(OC(=O)OC(C)(C)C)c1C. The summed E-state index contributed by atoms with van der Waals surface area (Å²) in [7, 11) is -0.262. The Labute approximate surface area is 192 Å². The molecule has 5 nitrogen and oxygen atoms in total. The smallest absolute Gasteiger partial charge is 0.428 e. The van der Waals surface area contributed by atoms with Crippen molar-refractivity contribution < 1.29 is 23.6 Å². The van der Waals surface area contributed by atoms with Crippen LogP contribution < -0.4 is 4.74 Å². The molecule has 3 aliphatic carbocycles. The largest absolute Gasteiger partial charge is 0.514 e. The number of hydrogen-bond acceptors (Lipinski definition) is 5. The molecule has 0 amide bonds. The van der Waals surface area contributed by atoms with E-state index < -0.39 is 11.8 Å². The van der Waals surface area contributed by atoms with Gasteiger partial charge in [0.25, 0.3) is 0 Å². The first-order chi connectivity index (χ1) is 14.8. The summed E-state index contributed by atoms with van der Waals surface area (Å²) >= 11 is 0. The summed E-state index contributed by atoms with van der Waals surface area (Å²) in [5, 5.41) is 0. The molecule has 1 saturated heterocycles. The number of hydrogen-bond donors (Lipinski definition) is 0. The van der Waals surface area contributed by atoms with Crippen LogP contribution in [-0.2, 0) is 20.5 Å². The second-order valence-corrected chi connectivity index (χ2v) is 11.4. The van der Waals surface area contributed by atoms with Crippen LogP contribution in [0.1, 0.15) is 71.1 Å². The molecule has 4 aliphatic rings. The van der Waals surface area contributed by atoms with E-state index in [4.69, 9.17) is 25.2 Å². The molecule has 1 aliphatic heterocycles. The van der Waals surface area contributed by atoms with Crippen molar-refractivity contribution in [2.45, 2.75) is 91.4 Å². The van der Waals surface area contributed by atoms with Crippen LogP contribution in [0.25, 0.3) is 0 Å². The quantitative estimate of drug-likeness (QED) is 0.267. The molecular formula is C26H35BO5. The number of carbonyl (C=O) groups is 1. The van der Waals surface area contributed by atoms with Gasteiger partial charge in [0, 0.05) is 11.1 Å². The van der Waals surface area contributed by atoms with E-state index in [2.05, 4.69) is 26.7 Å². The van der Waals surface area contributed by atoms with E-state index in [0.29, 0.717) is 35.4 Å². The lowest BCUT2D eigenvalue weighted by Crippen LogP contribution is -2.65. The molecule has 4 atom stereocenters. The maximum atomic E-state index is 12.4. The molecule has 0 spiro atoms. The van der Waals surface area contributed by atoms with Crippen LogP contribution >= 0.6 is 0 Å². The zero-order valence-corrected chi connectivity index (χ0v) is 20.4. The zero-order valence-electron chi connectivity index (χ0n) is 20.4. The van der Waals surface area contributed by atoms with Crippen molar-refractivity contribution in [3.63, 3.8) is 0 Å². The third kappa shape index (κ3) is 3.95. The lowest BCUT2D eigenvalue weighted by atomic mass is 9.43. The summed E-state index contributed by atoms with van der Waals surface area (Å²) in [6.07, 6.45) is 8.70. The van der Waals surface area contributed by atoms with Crippen molar-refractivity contribution in [1.29, 1.82) is 0 Å². The average molecular weight is 438 g/mol. The molecule has 172 valence electrons.